The molecule has 0 amide bonds. The van der Waals surface area contributed by atoms with E-state index in [1.165, 1.54) is 50.9 Å². The third-order valence-corrected chi connectivity index (χ3v) is 9.34. The van der Waals surface area contributed by atoms with Gasteiger partial charge in [0.25, 0.3) is 0 Å². The van der Waals surface area contributed by atoms with Gasteiger partial charge >= 0.3 is 0 Å². The van der Waals surface area contributed by atoms with Gasteiger partial charge in [-0.2, -0.15) is 0 Å². The fourth-order valence-electron chi connectivity index (χ4n) is 6.93. The Morgan fingerprint density at radius 3 is 2.43 bits per heavy atom. The Hall–Kier alpha value is -2.58. The van der Waals surface area contributed by atoms with Crippen LogP contribution in [0, 0.1) is 5.92 Å². The van der Waals surface area contributed by atoms with E-state index < -0.39 is 0 Å². The van der Waals surface area contributed by atoms with Gasteiger partial charge in [0, 0.05) is 12.0 Å². The van der Waals surface area contributed by atoms with Gasteiger partial charge in [-0.3, -0.25) is 0 Å². The molecule has 4 aromatic rings. The van der Waals surface area contributed by atoms with Crippen molar-refractivity contribution in [1.82, 2.24) is 0 Å². The zero-order chi connectivity index (χ0) is 25.4. The lowest BCUT2D eigenvalue weighted by Crippen LogP contribution is -2.37. The smallest absolute Gasteiger partial charge is 0.0595 e. The number of aliphatic hydroxyl groups is 1. The van der Waals surface area contributed by atoms with Gasteiger partial charge in [-0.25, -0.2) is 0 Å². The Morgan fingerprint density at radius 2 is 1.62 bits per heavy atom. The van der Waals surface area contributed by atoms with E-state index in [1.807, 2.05) is 6.07 Å². The summed E-state index contributed by atoms with van der Waals surface area (Å²) in [7, 11) is 0. The summed E-state index contributed by atoms with van der Waals surface area (Å²) in [5, 5.41) is 11.2. The molecule has 2 aliphatic carbocycles. The number of fused-ring (bicyclic) bond motifs is 5. The van der Waals surface area contributed by atoms with Crippen molar-refractivity contribution in [2.24, 2.45) is 5.92 Å². The van der Waals surface area contributed by atoms with E-state index in [0.717, 1.165) is 38.5 Å². The third-order valence-electron chi connectivity index (χ3n) is 8.60. The molecule has 2 aliphatic rings. The van der Waals surface area contributed by atoms with Crippen molar-refractivity contribution >= 4 is 23.2 Å². The van der Waals surface area contributed by atoms with Crippen LogP contribution in [-0.2, 0) is 31.1 Å². The van der Waals surface area contributed by atoms with Crippen LogP contribution in [0.1, 0.15) is 52.6 Å². The molecule has 1 nitrogen and oxygen atoms in total. The largest absolute Gasteiger partial charge is 0.396 e. The van der Waals surface area contributed by atoms with Crippen molar-refractivity contribution in [2.45, 2.75) is 50.4 Å². The van der Waals surface area contributed by atoms with Crippen LogP contribution in [0.2, 0.25) is 10.0 Å². The van der Waals surface area contributed by atoms with Crippen LogP contribution in [0.5, 0.6) is 0 Å². The van der Waals surface area contributed by atoms with Crippen molar-refractivity contribution in [2.75, 3.05) is 6.61 Å². The second-order valence-corrected chi connectivity index (χ2v) is 11.6. The van der Waals surface area contributed by atoms with Crippen LogP contribution in [0.25, 0.3) is 11.1 Å². The number of rotatable bonds is 6. The lowest BCUT2D eigenvalue weighted by Gasteiger charge is -2.44. The van der Waals surface area contributed by atoms with Crippen LogP contribution in [-0.4, -0.2) is 11.7 Å². The summed E-state index contributed by atoms with van der Waals surface area (Å²) in [5.41, 5.74) is 10.8. The summed E-state index contributed by atoms with van der Waals surface area (Å²) in [4.78, 5) is 0. The topological polar surface area (TPSA) is 20.2 Å². The van der Waals surface area contributed by atoms with E-state index in [2.05, 4.69) is 78.9 Å². The Kier molecular flexibility index (Phi) is 6.88. The Bertz CT molecular complexity index is 1430. The summed E-state index contributed by atoms with van der Waals surface area (Å²) < 4.78 is 0. The second kappa shape index (κ2) is 10.3. The van der Waals surface area contributed by atoms with Crippen molar-refractivity contribution in [3.05, 3.63) is 128 Å². The first-order valence-electron chi connectivity index (χ1n) is 13.4. The van der Waals surface area contributed by atoms with Crippen LogP contribution >= 0.6 is 23.2 Å². The minimum absolute atomic E-state index is 0.172. The lowest BCUT2D eigenvalue weighted by atomic mass is 9.59. The summed E-state index contributed by atoms with van der Waals surface area (Å²) in [6.45, 7) is 0.172. The fourth-order valence-corrected chi connectivity index (χ4v) is 7.23. The summed E-state index contributed by atoms with van der Waals surface area (Å²) in [6.07, 6.45) is 7.01. The zero-order valence-corrected chi connectivity index (χ0v) is 22.5. The predicted molar refractivity (Wildman–Crippen MR) is 155 cm³/mol. The van der Waals surface area contributed by atoms with Crippen LogP contribution in [0.3, 0.4) is 0 Å². The summed E-state index contributed by atoms with van der Waals surface area (Å²) in [6, 6.07) is 30.6. The first-order chi connectivity index (χ1) is 18.1. The molecule has 0 bridgehead atoms. The molecule has 0 spiro atoms. The van der Waals surface area contributed by atoms with Gasteiger partial charge in [0.2, 0.25) is 0 Å². The molecule has 0 radical (unpaired) electrons. The Labute approximate surface area is 230 Å². The average molecular weight is 528 g/mol. The van der Waals surface area contributed by atoms with Gasteiger partial charge in [0.1, 0.15) is 0 Å². The van der Waals surface area contributed by atoms with E-state index in [9.17, 15) is 5.11 Å². The molecule has 37 heavy (non-hydrogen) atoms. The van der Waals surface area contributed by atoms with Crippen molar-refractivity contribution in [3.63, 3.8) is 0 Å². The number of aliphatic hydroxyl groups excluding tert-OH is 1. The maximum atomic E-state index is 10.00. The molecule has 0 saturated carbocycles. The molecule has 0 saturated heterocycles. The van der Waals surface area contributed by atoms with E-state index in [-0.39, 0.29) is 12.0 Å². The maximum Gasteiger partial charge on any atom is 0.0595 e. The molecule has 188 valence electrons. The molecular formula is C34H32Cl2O. The first-order valence-corrected chi connectivity index (χ1v) is 14.2. The monoisotopic (exact) mass is 526 g/mol. The van der Waals surface area contributed by atoms with Gasteiger partial charge in [-0.15, -0.1) is 0 Å². The van der Waals surface area contributed by atoms with Crippen molar-refractivity contribution in [1.29, 1.82) is 0 Å². The molecule has 6 rings (SSSR count). The highest BCUT2D eigenvalue weighted by Gasteiger charge is 2.43. The van der Waals surface area contributed by atoms with Gasteiger partial charge in [-0.05, 0) is 108 Å². The standard InChI is InChI=1S/C34H32Cl2O/c35-31-16-14-27(21-32(31)36)34(17-6-18-37)22-26-9-4-5-10-28(26)29-15-13-25-12-11-24(20-30(25)33(29)34)19-23-7-2-1-3-8-23/h1-5,7-10,13-16,21,24,37H,6,11-12,17-20,22H2. The van der Waals surface area contributed by atoms with E-state index >= 15 is 0 Å². The zero-order valence-electron chi connectivity index (χ0n) is 21.0. The van der Waals surface area contributed by atoms with Crippen LogP contribution in [0.15, 0.2) is 84.9 Å². The molecule has 2 unspecified atom stereocenters. The summed E-state index contributed by atoms with van der Waals surface area (Å²) >= 11 is 13.0. The highest BCUT2D eigenvalue weighted by atomic mass is 35.5. The van der Waals surface area contributed by atoms with Crippen LogP contribution < -0.4 is 0 Å². The van der Waals surface area contributed by atoms with Crippen molar-refractivity contribution in [3.8, 4) is 11.1 Å². The molecule has 4 aromatic carbocycles. The molecule has 1 N–H and O–H groups in total. The van der Waals surface area contributed by atoms with Gasteiger partial charge in [0.15, 0.2) is 0 Å². The summed E-state index contributed by atoms with van der Waals surface area (Å²) in [5.74, 6) is 0.614. The Balaban J connectivity index is 1.55. The number of halogens is 2. The highest BCUT2D eigenvalue weighted by molar-refractivity contribution is 6.42. The van der Waals surface area contributed by atoms with E-state index in [1.54, 1.807) is 0 Å². The number of aryl methyl sites for hydroxylation is 1. The molecule has 0 aliphatic heterocycles. The molecule has 2 atom stereocenters. The number of hydrogen-bond donors (Lipinski definition) is 1. The maximum absolute atomic E-state index is 10.00. The molecule has 0 fully saturated rings. The van der Waals surface area contributed by atoms with Gasteiger partial charge in [0.05, 0.1) is 10.0 Å². The quantitative estimate of drug-likeness (QED) is 0.266. The fraction of sp³-hybridized carbons (Fsp3) is 0.294. The van der Waals surface area contributed by atoms with Crippen LogP contribution in [0.4, 0.5) is 0 Å². The van der Waals surface area contributed by atoms with E-state index in [0.29, 0.717) is 16.0 Å². The molecule has 0 aromatic heterocycles. The first kappa shape index (κ1) is 24.7. The minimum Gasteiger partial charge on any atom is -0.396 e. The second-order valence-electron chi connectivity index (χ2n) is 10.8. The normalized spacial score (nSPS) is 20.1. The minimum atomic E-state index is -0.263. The number of hydrogen-bond acceptors (Lipinski definition) is 1. The van der Waals surface area contributed by atoms with Gasteiger partial charge < -0.3 is 5.11 Å². The Morgan fingerprint density at radius 1 is 0.811 bits per heavy atom. The lowest BCUT2D eigenvalue weighted by molar-refractivity contribution is 0.267. The highest BCUT2D eigenvalue weighted by Crippen LogP contribution is 2.53. The predicted octanol–water partition coefficient (Wildman–Crippen LogP) is 8.62. The average Bonchev–Trinajstić information content (AvgIpc) is 2.93. The van der Waals surface area contributed by atoms with E-state index in [4.69, 9.17) is 23.2 Å². The SMILES string of the molecule is OCCCC1(c2ccc(Cl)c(Cl)c2)Cc2ccccc2-c2ccc3c(c21)CC(Cc1ccccc1)CC3. The number of benzene rings is 4. The third kappa shape index (κ3) is 4.52. The van der Waals surface area contributed by atoms with Gasteiger partial charge in [-0.1, -0.05) is 96.0 Å². The molecule has 3 heteroatoms. The molecule has 0 heterocycles. The molecular weight excluding hydrogens is 495 g/mol. The van der Waals surface area contributed by atoms with Crippen molar-refractivity contribution < 1.29 is 5.11 Å².